The Hall–Kier alpha value is -4.42. The third-order valence-corrected chi connectivity index (χ3v) is 8.28. The Morgan fingerprint density at radius 3 is 2.42 bits per heavy atom. The summed E-state index contributed by atoms with van der Waals surface area (Å²) in [5, 5.41) is 0. The number of benzene rings is 4. The van der Waals surface area contributed by atoms with Gasteiger partial charge in [-0.3, -0.25) is 9.47 Å². The van der Waals surface area contributed by atoms with Gasteiger partial charge in [0.25, 0.3) is 0 Å². The fourth-order valence-corrected chi connectivity index (χ4v) is 6.20. The average molecular weight is 528 g/mol. The lowest BCUT2D eigenvalue weighted by Crippen LogP contribution is -2.36. The van der Waals surface area contributed by atoms with Crippen LogP contribution in [0.5, 0.6) is 0 Å². The molecule has 6 nitrogen and oxygen atoms in total. The molecule has 5 aromatic rings. The lowest BCUT2D eigenvalue weighted by molar-refractivity contribution is 0.180. The highest BCUT2D eigenvalue weighted by molar-refractivity contribution is 6.12. The molecule has 2 aliphatic heterocycles. The number of fused-ring (bicyclic) bond motifs is 2. The Bertz CT molecular complexity index is 1740. The molecule has 1 saturated heterocycles. The Morgan fingerprint density at radius 1 is 0.875 bits per heavy atom. The lowest BCUT2D eigenvalue weighted by atomic mass is 10.0. The number of likely N-dealkylation sites (tertiary alicyclic amines) is 1. The molecule has 0 spiro atoms. The van der Waals surface area contributed by atoms with Crippen molar-refractivity contribution in [2.24, 2.45) is 4.99 Å². The lowest BCUT2D eigenvalue weighted by Gasteiger charge is -2.33. The first kappa shape index (κ1) is 24.6. The number of para-hydroxylation sites is 3. The zero-order valence-corrected chi connectivity index (χ0v) is 22.8. The zero-order chi connectivity index (χ0) is 27.1. The van der Waals surface area contributed by atoms with E-state index in [4.69, 9.17) is 4.99 Å². The number of aromatic amines is 1. The van der Waals surface area contributed by atoms with Gasteiger partial charge in [-0.1, -0.05) is 72.3 Å². The van der Waals surface area contributed by atoms with E-state index in [2.05, 4.69) is 94.5 Å². The number of amidine groups is 1. The van der Waals surface area contributed by atoms with Crippen LogP contribution >= 0.6 is 0 Å². The van der Waals surface area contributed by atoms with Crippen molar-refractivity contribution in [1.29, 1.82) is 0 Å². The van der Waals surface area contributed by atoms with E-state index in [1.54, 1.807) is 0 Å². The normalized spacial score (nSPS) is 16.2. The van der Waals surface area contributed by atoms with Crippen LogP contribution < -0.4 is 10.6 Å². The number of piperidine rings is 1. The van der Waals surface area contributed by atoms with E-state index in [1.807, 2.05) is 28.8 Å². The van der Waals surface area contributed by atoms with E-state index in [0.29, 0.717) is 0 Å². The van der Waals surface area contributed by atoms with E-state index in [-0.39, 0.29) is 11.7 Å². The molecule has 200 valence electrons. The van der Waals surface area contributed by atoms with E-state index in [0.717, 1.165) is 72.8 Å². The maximum absolute atomic E-state index is 12.7. The SMILES string of the molecule is Cc1ccc2c(c1)CN(c1ccccc1)C(c1ccc(CN3CCC(n4c(=O)[nH]c5ccccc54)CC3)cc1)=N2. The van der Waals surface area contributed by atoms with Crippen LogP contribution in [0.4, 0.5) is 11.4 Å². The minimum absolute atomic E-state index is 0.00294. The molecule has 0 aliphatic carbocycles. The van der Waals surface area contributed by atoms with E-state index < -0.39 is 0 Å². The average Bonchev–Trinajstić information content (AvgIpc) is 3.33. The number of hydrogen-bond donors (Lipinski definition) is 1. The molecule has 1 N–H and O–H groups in total. The molecule has 2 aliphatic rings. The highest BCUT2D eigenvalue weighted by Crippen LogP contribution is 2.32. The van der Waals surface area contributed by atoms with Gasteiger partial charge >= 0.3 is 5.69 Å². The molecule has 0 atom stereocenters. The summed E-state index contributed by atoms with van der Waals surface area (Å²) < 4.78 is 1.96. The highest BCUT2D eigenvalue weighted by Gasteiger charge is 2.25. The van der Waals surface area contributed by atoms with Crippen LogP contribution in [0.1, 0.15) is 41.1 Å². The van der Waals surface area contributed by atoms with Gasteiger partial charge in [0.1, 0.15) is 5.84 Å². The minimum Gasteiger partial charge on any atom is -0.321 e. The second-order valence-corrected chi connectivity index (χ2v) is 11.0. The number of rotatable bonds is 5. The number of aliphatic imine (C=N–C) groups is 1. The first-order chi connectivity index (χ1) is 19.6. The molecule has 4 aromatic carbocycles. The molecule has 40 heavy (non-hydrogen) atoms. The van der Waals surface area contributed by atoms with Crippen molar-refractivity contribution in [1.82, 2.24) is 14.5 Å². The first-order valence-corrected chi connectivity index (χ1v) is 14.1. The van der Waals surface area contributed by atoms with Gasteiger partial charge in [-0.15, -0.1) is 0 Å². The predicted molar refractivity (Wildman–Crippen MR) is 163 cm³/mol. The van der Waals surface area contributed by atoms with Gasteiger partial charge in [0, 0.05) is 36.9 Å². The molecule has 1 aromatic heterocycles. The van der Waals surface area contributed by atoms with Gasteiger partial charge in [-0.25, -0.2) is 9.79 Å². The first-order valence-electron chi connectivity index (χ1n) is 14.1. The van der Waals surface area contributed by atoms with Gasteiger partial charge in [0.05, 0.1) is 23.3 Å². The summed E-state index contributed by atoms with van der Waals surface area (Å²) in [6.45, 7) is 5.80. The van der Waals surface area contributed by atoms with Crippen molar-refractivity contribution in [2.45, 2.75) is 38.9 Å². The molecule has 0 bridgehead atoms. The van der Waals surface area contributed by atoms with Crippen LogP contribution in [0.2, 0.25) is 0 Å². The van der Waals surface area contributed by atoms with Crippen LogP contribution in [-0.2, 0) is 13.1 Å². The van der Waals surface area contributed by atoms with Crippen LogP contribution in [-0.4, -0.2) is 33.4 Å². The molecule has 0 amide bonds. The quantitative estimate of drug-likeness (QED) is 0.281. The third-order valence-electron chi connectivity index (χ3n) is 8.28. The Balaban J connectivity index is 1.07. The number of hydrogen-bond acceptors (Lipinski definition) is 4. The van der Waals surface area contributed by atoms with Gasteiger partial charge in [-0.05, 0) is 61.2 Å². The van der Waals surface area contributed by atoms with Crippen molar-refractivity contribution in [3.63, 3.8) is 0 Å². The van der Waals surface area contributed by atoms with E-state index >= 15 is 0 Å². The number of nitrogens with one attached hydrogen (secondary N) is 1. The van der Waals surface area contributed by atoms with Gasteiger partial charge < -0.3 is 9.88 Å². The summed E-state index contributed by atoms with van der Waals surface area (Å²) in [5.41, 5.74) is 9.06. The molecule has 7 rings (SSSR count). The van der Waals surface area contributed by atoms with Crippen molar-refractivity contribution in [2.75, 3.05) is 18.0 Å². The van der Waals surface area contributed by atoms with Crippen molar-refractivity contribution in [3.8, 4) is 0 Å². The number of H-pyrrole nitrogens is 1. The maximum atomic E-state index is 12.7. The highest BCUT2D eigenvalue weighted by atomic mass is 16.1. The molecule has 1 fully saturated rings. The minimum atomic E-state index is 0.00294. The van der Waals surface area contributed by atoms with Gasteiger partial charge in [-0.2, -0.15) is 0 Å². The Kier molecular flexibility index (Phi) is 6.33. The predicted octanol–water partition coefficient (Wildman–Crippen LogP) is 6.57. The van der Waals surface area contributed by atoms with E-state index in [9.17, 15) is 4.79 Å². The molecule has 3 heterocycles. The van der Waals surface area contributed by atoms with Crippen molar-refractivity contribution >= 4 is 28.2 Å². The summed E-state index contributed by atoms with van der Waals surface area (Å²) in [6.07, 6.45) is 1.95. The van der Waals surface area contributed by atoms with Crippen LogP contribution in [0.3, 0.4) is 0 Å². The monoisotopic (exact) mass is 527 g/mol. The number of aromatic nitrogens is 2. The summed E-state index contributed by atoms with van der Waals surface area (Å²) in [7, 11) is 0. The van der Waals surface area contributed by atoms with E-state index in [1.165, 1.54) is 16.7 Å². The zero-order valence-electron chi connectivity index (χ0n) is 22.8. The van der Waals surface area contributed by atoms with Crippen LogP contribution in [0.25, 0.3) is 11.0 Å². The van der Waals surface area contributed by atoms with Crippen LogP contribution in [0, 0.1) is 6.92 Å². The number of imidazole rings is 1. The molecular weight excluding hydrogens is 494 g/mol. The molecule has 6 heteroatoms. The largest absolute Gasteiger partial charge is 0.326 e. The molecule has 0 radical (unpaired) electrons. The Labute approximate surface area is 234 Å². The topological polar surface area (TPSA) is 56.6 Å². The number of nitrogens with zero attached hydrogens (tertiary/aromatic N) is 4. The molecular formula is C34H33N5O. The van der Waals surface area contributed by atoms with Gasteiger partial charge in [0.15, 0.2) is 0 Å². The maximum Gasteiger partial charge on any atom is 0.326 e. The molecule has 0 saturated carbocycles. The standard InChI is InChI=1S/C34H33N5O/c1-24-11-16-30-27(21-24)23-38(28-7-3-2-4-8-28)33(35-30)26-14-12-25(13-15-26)22-37-19-17-29(18-20-37)39-32-10-6-5-9-31(32)36-34(39)40/h2-16,21,29H,17-20,22-23H2,1H3,(H,36,40). The Morgan fingerprint density at radius 2 is 1.62 bits per heavy atom. The third kappa shape index (κ3) is 4.65. The summed E-state index contributed by atoms with van der Waals surface area (Å²) in [4.78, 5) is 25.6. The van der Waals surface area contributed by atoms with Crippen molar-refractivity contribution < 1.29 is 0 Å². The summed E-state index contributed by atoms with van der Waals surface area (Å²) >= 11 is 0. The second-order valence-electron chi connectivity index (χ2n) is 11.0. The van der Waals surface area contributed by atoms with Crippen molar-refractivity contribution in [3.05, 3.63) is 130 Å². The summed E-state index contributed by atoms with van der Waals surface area (Å²) in [6, 6.07) is 34.2. The van der Waals surface area contributed by atoms with Gasteiger partial charge in [0.2, 0.25) is 0 Å². The number of aryl methyl sites for hydroxylation is 1. The molecule has 0 unspecified atom stereocenters. The van der Waals surface area contributed by atoms with Crippen LogP contribution in [0.15, 0.2) is 107 Å². The second kappa shape index (κ2) is 10.3. The number of anilines is 1. The summed E-state index contributed by atoms with van der Waals surface area (Å²) in [5.74, 6) is 0.985. The smallest absolute Gasteiger partial charge is 0.321 e. The fraction of sp³-hybridized carbons (Fsp3) is 0.235. The fourth-order valence-electron chi connectivity index (χ4n) is 6.20.